The molecule has 1 rings (SSSR count). The SMILES string of the molecule is CON(C)C(=O)C(C)N1C(C)CCC1C. The second kappa shape index (κ2) is 4.94. The van der Waals surface area contributed by atoms with Gasteiger partial charge >= 0.3 is 0 Å². The summed E-state index contributed by atoms with van der Waals surface area (Å²) < 4.78 is 0. The van der Waals surface area contributed by atoms with E-state index in [-0.39, 0.29) is 11.9 Å². The van der Waals surface area contributed by atoms with Crippen molar-refractivity contribution in [2.75, 3.05) is 14.2 Å². The second-order valence-electron chi connectivity index (χ2n) is 4.42. The molecule has 4 nitrogen and oxygen atoms in total. The normalized spacial score (nSPS) is 29.1. The zero-order valence-electron chi connectivity index (χ0n) is 10.4. The number of hydrogen-bond donors (Lipinski definition) is 0. The van der Waals surface area contributed by atoms with Crippen LogP contribution < -0.4 is 0 Å². The van der Waals surface area contributed by atoms with Gasteiger partial charge in [-0.3, -0.25) is 14.5 Å². The lowest BCUT2D eigenvalue weighted by Crippen LogP contribution is -2.49. The van der Waals surface area contributed by atoms with Crippen LogP contribution >= 0.6 is 0 Å². The Morgan fingerprint density at radius 1 is 1.40 bits per heavy atom. The monoisotopic (exact) mass is 214 g/mol. The molecule has 0 aromatic heterocycles. The third-order valence-corrected chi connectivity index (χ3v) is 3.41. The quantitative estimate of drug-likeness (QED) is 0.663. The minimum atomic E-state index is -0.0950. The molecule has 1 amide bonds. The molecule has 1 heterocycles. The molecule has 0 saturated carbocycles. The van der Waals surface area contributed by atoms with Crippen LogP contribution in [0.4, 0.5) is 0 Å². The summed E-state index contributed by atoms with van der Waals surface area (Å²) in [6, 6.07) is 0.885. The predicted molar refractivity (Wildman–Crippen MR) is 59.2 cm³/mol. The van der Waals surface area contributed by atoms with E-state index in [1.807, 2.05) is 6.92 Å². The Morgan fingerprint density at radius 2 is 1.87 bits per heavy atom. The number of carbonyl (C=O) groups is 1. The molecule has 1 fully saturated rings. The molecule has 3 atom stereocenters. The molecule has 1 saturated heterocycles. The number of nitrogens with zero attached hydrogens (tertiary/aromatic N) is 2. The van der Waals surface area contributed by atoms with Crippen LogP contribution in [0.2, 0.25) is 0 Å². The summed E-state index contributed by atoms with van der Waals surface area (Å²) in [5.74, 6) is 0.0260. The Bertz CT molecular complexity index is 223. The smallest absolute Gasteiger partial charge is 0.262 e. The van der Waals surface area contributed by atoms with Crippen molar-refractivity contribution in [3.8, 4) is 0 Å². The lowest BCUT2D eigenvalue weighted by Gasteiger charge is -2.33. The number of likely N-dealkylation sites (N-methyl/N-ethyl adjacent to an activating group) is 1. The summed E-state index contributed by atoms with van der Waals surface area (Å²) in [6.07, 6.45) is 2.35. The van der Waals surface area contributed by atoms with Gasteiger partial charge in [0.15, 0.2) is 0 Å². The molecule has 1 aliphatic rings. The number of hydrogen-bond acceptors (Lipinski definition) is 3. The number of rotatable bonds is 3. The van der Waals surface area contributed by atoms with Crippen molar-refractivity contribution in [1.29, 1.82) is 0 Å². The number of amides is 1. The van der Waals surface area contributed by atoms with Crippen molar-refractivity contribution in [3.05, 3.63) is 0 Å². The molecule has 15 heavy (non-hydrogen) atoms. The van der Waals surface area contributed by atoms with Crippen LogP contribution in [0, 0.1) is 0 Å². The molecule has 1 aliphatic heterocycles. The molecule has 0 N–H and O–H groups in total. The Hall–Kier alpha value is -0.610. The van der Waals surface area contributed by atoms with Gasteiger partial charge < -0.3 is 0 Å². The molecule has 4 heteroatoms. The van der Waals surface area contributed by atoms with Crippen LogP contribution in [-0.4, -0.2) is 48.2 Å². The minimum Gasteiger partial charge on any atom is -0.287 e. The van der Waals surface area contributed by atoms with Crippen molar-refractivity contribution in [2.24, 2.45) is 0 Å². The fourth-order valence-corrected chi connectivity index (χ4v) is 2.46. The summed E-state index contributed by atoms with van der Waals surface area (Å²) >= 11 is 0. The predicted octanol–water partition coefficient (Wildman–Crippen LogP) is 1.27. The van der Waals surface area contributed by atoms with Crippen molar-refractivity contribution >= 4 is 5.91 Å². The van der Waals surface area contributed by atoms with E-state index in [0.29, 0.717) is 12.1 Å². The number of carbonyl (C=O) groups excluding carboxylic acids is 1. The van der Waals surface area contributed by atoms with E-state index < -0.39 is 0 Å². The highest BCUT2D eigenvalue weighted by Gasteiger charge is 2.35. The molecule has 0 radical (unpaired) electrons. The van der Waals surface area contributed by atoms with E-state index in [1.165, 1.54) is 25.0 Å². The molecule has 88 valence electrons. The Morgan fingerprint density at radius 3 is 2.27 bits per heavy atom. The summed E-state index contributed by atoms with van der Waals surface area (Å²) in [7, 11) is 3.17. The molecule has 0 aromatic carbocycles. The fraction of sp³-hybridized carbons (Fsp3) is 0.909. The fourth-order valence-electron chi connectivity index (χ4n) is 2.46. The van der Waals surface area contributed by atoms with Crippen LogP contribution in [-0.2, 0) is 9.63 Å². The second-order valence-corrected chi connectivity index (χ2v) is 4.42. The maximum Gasteiger partial charge on any atom is 0.262 e. The Kier molecular flexibility index (Phi) is 4.11. The highest BCUT2D eigenvalue weighted by atomic mass is 16.7. The topological polar surface area (TPSA) is 32.8 Å². The number of hydroxylamine groups is 2. The van der Waals surface area contributed by atoms with E-state index in [2.05, 4.69) is 18.7 Å². The zero-order chi connectivity index (χ0) is 11.6. The largest absolute Gasteiger partial charge is 0.287 e. The van der Waals surface area contributed by atoms with Gasteiger partial charge in [0.05, 0.1) is 13.2 Å². The van der Waals surface area contributed by atoms with E-state index in [4.69, 9.17) is 4.84 Å². The van der Waals surface area contributed by atoms with E-state index >= 15 is 0 Å². The van der Waals surface area contributed by atoms with Gasteiger partial charge in [-0.15, -0.1) is 0 Å². The van der Waals surface area contributed by atoms with Gasteiger partial charge in [-0.2, -0.15) is 0 Å². The van der Waals surface area contributed by atoms with Gasteiger partial charge in [-0.05, 0) is 33.6 Å². The van der Waals surface area contributed by atoms with Gasteiger partial charge in [0.2, 0.25) is 0 Å². The first-order chi connectivity index (χ1) is 6.99. The average Bonchev–Trinajstić information content (AvgIpc) is 2.55. The van der Waals surface area contributed by atoms with Gasteiger partial charge in [-0.1, -0.05) is 0 Å². The third-order valence-electron chi connectivity index (χ3n) is 3.41. The van der Waals surface area contributed by atoms with Crippen LogP contribution in [0.1, 0.15) is 33.6 Å². The maximum absolute atomic E-state index is 11.9. The third kappa shape index (κ3) is 2.49. The van der Waals surface area contributed by atoms with Gasteiger partial charge in [0, 0.05) is 19.1 Å². The highest BCUT2D eigenvalue weighted by molar-refractivity contribution is 5.80. The molecular weight excluding hydrogens is 192 g/mol. The lowest BCUT2D eigenvalue weighted by atomic mass is 10.2. The first-order valence-electron chi connectivity index (χ1n) is 5.58. The van der Waals surface area contributed by atoms with Crippen molar-refractivity contribution in [2.45, 2.75) is 51.7 Å². The summed E-state index contributed by atoms with van der Waals surface area (Å²) in [5.41, 5.74) is 0. The summed E-state index contributed by atoms with van der Waals surface area (Å²) in [4.78, 5) is 19.1. The molecule has 3 unspecified atom stereocenters. The average molecular weight is 214 g/mol. The van der Waals surface area contributed by atoms with Crippen molar-refractivity contribution in [3.63, 3.8) is 0 Å². The Labute approximate surface area is 92.1 Å². The molecule has 0 bridgehead atoms. The van der Waals surface area contributed by atoms with Crippen molar-refractivity contribution in [1.82, 2.24) is 9.96 Å². The summed E-state index contributed by atoms with van der Waals surface area (Å²) in [6.45, 7) is 6.32. The molecular formula is C11H22N2O2. The highest BCUT2D eigenvalue weighted by Crippen LogP contribution is 2.26. The minimum absolute atomic E-state index is 0.0260. The van der Waals surface area contributed by atoms with Crippen LogP contribution in [0.25, 0.3) is 0 Å². The van der Waals surface area contributed by atoms with E-state index in [9.17, 15) is 4.79 Å². The molecule has 0 aliphatic carbocycles. The van der Waals surface area contributed by atoms with Crippen LogP contribution in [0.5, 0.6) is 0 Å². The molecule has 0 aromatic rings. The van der Waals surface area contributed by atoms with Gasteiger partial charge in [-0.25, -0.2) is 5.06 Å². The van der Waals surface area contributed by atoms with E-state index in [0.717, 1.165) is 0 Å². The van der Waals surface area contributed by atoms with Crippen LogP contribution in [0.3, 0.4) is 0 Å². The van der Waals surface area contributed by atoms with Gasteiger partial charge in [0.1, 0.15) is 0 Å². The first-order valence-corrected chi connectivity index (χ1v) is 5.58. The Balaban J connectivity index is 2.66. The lowest BCUT2D eigenvalue weighted by molar-refractivity contribution is -0.174. The zero-order valence-corrected chi connectivity index (χ0v) is 10.4. The first kappa shape index (κ1) is 12.5. The van der Waals surface area contributed by atoms with E-state index in [1.54, 1.807) is 7.05 Å². The standard InChI is InChI=1S/C11H22N2O2/c1-8-6-7-9(2)13(8)10(3)11(14)12(4)15-5/h8-10H,6-7H2,1-5H3. The maximum atomic E-state index is 11.9. The number of likely N-dealkylation sites (tertiary alicyclic amines) is 1. The summed E-state index contributed by atoms with van der Waals surface area (Å²) in [5, 5.41) is 1.31. The van der Waals surface area contributed by atoms with Gasteiger partial charge in [0.25, 0.3) is 5.91 Å². The van der Waals surface area contributed by atoms with Crippen molar-refractivity contribution < 1.29 is 9.63 Å². The molecule has 0 spiro atoms. The van der Waals surface area contributed by atoms with Crippen LogP contribution in [0.15, 0.2) is 0 Å².